The lowest BCUT2D eigenvalue weighted by molar-refractivity contribution is -0.163. The maximum absolute atomic E-state index is 13.4. The summed E-state index contributed by atoms with van der Waals surface area (Å²) in [4.78, 5) is 14.4. The number of rotatable bonds is 2. The molecule has 0 radical (unpaired) electrons. The van der Waals surface area contributed by atoms with Crippen LogP contribution in [0, 0.1) is 0 Å². The Morgan fingerprint density at radius 2 is 1.66 bits per heavy atom. The van der Waals surface area contributed by atoms with E-state index in [0.29, 0.717) is 0 Å². The summed E-state index contributed by atoms with van der Waals surface area (Å²) in [5.74, 6) is -0.934. The molecule has 4 rings (SSSR count). The zero-order valence-electron chi connectivity index (χ0n) is 17.1. The van der Waals surface area contributed by atoms with E-state index in [9.17, 15) is 18.3 Å². The second-order valence-electron chi connectivity index (χ2n) is 9.25. The van der Waals surface area contributed by atoms with Gasteiger partial charge in [0.15, 0.2) is 15.6 Å². The second-order valence-corrected chi connectivity index (χ2v) is 11.4. The first-order valence-corrected chi connectivity index (χ1v) is 11.2. The highest BCUT2D eigenvalue weighted by atomic mass is 32.2. The lowest BCUT2D eigenvalue weighted by Gasteiger charge is -2.31. The maximum atomic E-state index is 13.4. The van der Waals surface area contributed by atoms with Crippen LogP contribution in [-0.4, -0.2) is 71.6 Å². The van der Waals surface area contributed by atoms with Crippen LogP contribution in [0.5, 0.6) is 0 Å². The van der Waals surface area contributed by atoms with Crippen molar-refractivity contribution < 1.29 is 32.5 Å². The largest absolute Gasteiger partial charge is 0.444 e. The molecule has 8 nitrogen and oxygen atoms in total. The Morgan fingerprint density at radius 1 is 1.10 bits per heavy atom. The molecule has 3 aliphatic rings. The van der Waals surface area contributed by atoms with Crippen molar-refractivity contribution >= 4 is 15.9 Å². The highest BCUT2D eigenvalue weighted by Gasteiger charge is 2.72. The van der Waals surface area contributed by atoms with Crippen molar-refractivity contribution in [2.75, 3.05) is 0 Å². The Balaban J connectivity index is 1.76. The van der Waals surface area contributed by atoms with Crippen LogP contribution in [0.2, 0.25) is 0 Å². The predicted molar refractivity (Wildman–Crippen MR) is 103 cm³/mol. The van der Waals surface area contributed by atoms with Crippen molar-refractivity contribution in [2.45, 2.75) is 86.5 Å². The van der Waals surface area contributed by atoms with Gasteiger partial charge in [-0.2, -0.15) is 0 Å². The number of sulfone groups is 1. The van der Waals surface area contributed by atoms with Crippen LogP contribution in [0.1, 0.15) is 34.6 Å². The Hall–Kier alpha value is -1.68. The van der Waals surface area contributed by atoms with Gasteiger partial charge in [-0.05, 0) is 46.8 Å². The molecule has 1 aromatic carbocycles. The molecule has 1 aromatic rings. The van der Waals surface area contributed by atoms with E-state index >= 15 is 0 Å². The number of nitrogens with zero attached hydrogens (tertiary/aromatic N) is 1. The van der Waals surface area contributed by atoms with E-state index < -0.39 is 63.0 Å². The number of hydrogen-bond acceptors (Lipinski definition) is 7. The summed E-state index contributed by atoms with van der Waals surface area (Å²) in [5, 5.41) is 9.81. The Bertz CT molecular complexity index is 909. The van der Waals surface area contributed by atoms with Gasteiger partial charge in [-0.3, -0.25) is 4.90 Å². The molecule has 0 unspecified atom stereocenters. The SMILES string of the molecule is CC(C)(C)OC(=O)N1[C@@H]2[C@@H](O)[C@H](S(=O)(=O)c3ccccc3)[C@H]1[C@@H]1OC(C)(C)O[C@@H]12. The Morgan fingerprint density at radius 3 is 2.21 bits per heavy atom. The van der Waals surface area contributed by atoms with E-state index in [1.165, 1.54) is 17.0 Å². The van der Waals surface area contributed by atoms with Crippen molar-refractivity contribution in [3.05, 3.63) is 30.3 Å². The topological polar surface area (TPSA) is 102 Å². The summed E-state index contributed by atoms with van der Waals surface area (Å²) < 4.78 is 44.2. The number of hydrogen-bond donors (Lipinski definition) is 1. The van der Waals surface area contributed by atoms with Gasteiger partial charge in [0, 0.05) is 0 Å². The second kappa shape index (κ2) is 6.41. The smallest absolute Gasteiger partial charge is 0.411 e. The van der Waals surface area contributed by atoms with Crippen molar-refractivity contribution in [3.8, 4) is 0 Å². The first-order valence-electron chi connectivity index (χ1n) is 9.67. The number of ether oxygens (including phenoxy) is 3. The molecule has 3 saturated heterocycles. The molecule has 6 atom stereocenters. The number of carbonyl (C=O) groups is 1. The van der Waals surface area contributed by atoms with Gasteiger partial charge in [0.05, 0.1) is 23.1 Å². The molecular formula is C20H27NO7S. The molecule has 160 valence electrons. The minimum Gasteiger partial charge on any atom is -0.444 e. The van der Waals surface area contributed by atoms with E-state index in [4.69, 9.17) is 14.2 Å². The molecule has 3 heterocycles. The van der Waals surface area contributed by atoms with Gasteiger partial charge in [0.1, 0.15) is 23.1 Å². The van der Waals surface area contributed by atoms with Gasteiger partial charge in [-0.25, -0.2) is 13.2 Å². The third-order valence-corrected chi connectivity index (χ3v) is 7.74. The number of benzene rings is 1. The number of aliphatic hydroxyl groups is 1. The monoisotopic (exact) mass is 425 g/mol. The molecule has 1 amide bonds. The van der Waals surface area contributed by atoms with E-state index in [0.717, 1.165) is 0 Å². The minimum absolute atomic E-state index is 0.0930. The van der Waals surface area contributed by atoms with Gasteiger partial charge in [-0.1, -0.05) is 18.2 Å². The zero-order chi connectivity index (χ0) is 21.4. The normalized spacial score (nSPS) is 35.6. The maximum Gasteiger partial charge on any atom is 0.411 e. The highest BCUT2D eigenvalue weighted by molar-refractivity contribution is 7.92. The van der Waals surface area contributed by atoms with Crippen molar-refractivity contribution in [2.24, 2.45) is 0 Å². The first-order chi connectivity index (χ1) is 13.3. The summed E-state index contributed by atoms with van der Waals surface area (Å²) in [7, 11) is -3.94. The molecular weight excluding hydrogens is 398 g/mol. The molecule has 1 N–H and O–H groups in total. The average molecular weight is 426 g/mol. The van der Waals surface area contributed by atoms with Crippen LogP contribution in [0.3, 0.4) is 0 Å². The van der Waals surface area contributed by atoms with Crippen LogP contribution in [0.4, 0.5) is 4.79 Å². The summed E-state index contributed by atoms with van der Waals surface area (Å²) in [5.41, 5.74) is -0.770. The number of aliphatic hydroxyl groups excluding tert-OH is 1. The fraction of sp³-hybridized carbons (Fsp3) is 0.650. The summed E-state index contributed by atoms with van der Waals surface area (Å²) in [6.07, 6.45) is -3.30. The molecule has 29 heavy (non-hydrogen) atoms. The number of fused-ring (bicyclic) bond motifs is 5. The van der Waals surface area contributed by atoms with Gasteiger partial charge in [0.2, 0.25) is 0 Å². The van der Waals surface area contributed by atoms with E-state index in [1.54, 1.807) is 52.8 Å². The van der Waals surface area contributed by atoms with Crippen LogP contribution in [-0.2, 0) is 24.0 Å². The summed E-state index contributed by atoms with van der Waals surface area (Å²) >= 11 is 0. The number of amides is 1. The molecule has 3 aliphatic heterocycles. The quantitative estimate of drug-likeness (QED) is 0.769. The van der Waals surface area contributed by atoms with E-state index in [1.807, 2.05) is 0 Å². The standard InChI is InChI=1S/C20H27NO7S/c1-19(2,3)28-18(23)21-12-14(22)17(29(24,25)11-9-7-6-8-10-11)13(21)16-15(12)26-20(4,5)27-16/h6-10,12-17,22H,1-5H3/t12-,13-,14-,15-,16+,17-/m1/s1. The van der Waals surface area contributed by atoms with Crippen molar-refractivity contribution in [1.82, 2.24) is 4.90 Å². The highest BCUT2D eigenvalue weighted by Crippen LogP contribution is 2.51. The van der Waals surface area contributed by atoms with Gasteiger partial charge in [0.25, 0.3) is 0 Å². The first kappa shape index (κ1) is 20.6. The summed E-state index contributed by atoms with van der Waals surface area (Å²) in [6.45, 7) is 8.66. The molecule has 0 saturated carbocycles. The van der Waals surface area contributed by atoms with Crippen molar-refractivity contribution in [1.29, 1.82) is 0 Å². The lowest BCUT2D eigenvalue weighted by Crippen LogP contribution is -2.54. The zero-order valence-corrected chi connectivity index (χ0v) is 17.9. The molecule has 2 bridgehead atoms. The van der Waals surface area contributed by atoms with Gasteiger partial charge in [-0.15, -0.1) is 0 Å². The van der Waals surface area contributed by atoms with Gasteiger partial charge >= 0.3 is 6.09 Å². The van der Waals surface area contributed by atoms with E-state index in [-0.39, 0.29) is 4.90 Å². The molecule has 0 aromatic heterocycles. The van der Waals surface area contributed by atoms with Crippen molar-refractivity contribution in [3.63, 3.8) is 0 Å². The summed E-state index contributed by atoms with van der Waals surface area (Å²) in [6, 6.07) is 6.15. The van der Waals surface area contributed by atoms with Crippen LogP contribution < -0.4 is 0 Å². The van der Waals surface area contributed by atoms with Crippen LogP contribution in [0.15, 0.2) is 35.2 Å². The molecule has 9 heteroatoms. The lowest BCUT2D eigenvalue weighted by atomic mass is 9.92. The molecule has 0 spiro atoms. The third kappa shape index (κ3) is 3.24. The Labute approximate surface area is 170 Å². The van der Waals surface area contributed by atoms with Crippen LogP contribution in [0.25, 0.3) is 0 Å². The molecule has 3 fully saturated rings. The average Bonchev–Trinajstić information content (AvgIpc) is 3.16. The fourth-order valence-electron chi connectivity index (χ4n) is 4.65. The fourth-order valence-corrected chi connectivity index (χ4v) is 6.69. The number of carbonyl (C=O) groups excluding carboxylic acids is 1. The Kier molecular flexibility index (Phi) is 4.55. The van der Waals surface area contributed by atoms with Gasteiger partial charge < -0.3 is 19.3 Å². The third-order valence-electron chi connectivity index (χ3n) is 5.54. The van der Waals surface area contributed by atoms with E-state index in [2.05, 4.69) is 0 Å². The molecule has 0 aliphatic carbocycles. The predicted octanol–water partition coefficient (Wildman–Crippen LogP) is 1.71. The van der Waals surface area contributed by atoms with Crippen LogP contribution >= 0.6 is 0 Å². The minimum atomic E-state index is -3.94.